The van der Waals surface area contributed by atoms with Gasteiger partial charge in [0.1, 0.15) is 12.0 Å². The van der Waals surface area contributed by atoms with Crippen molar-refractivity contribution in [1.29, 1.82) is 0 Å². The Labute approximate surface area is 136 Å². The average molecular weight is 343 g/mol. The summed E-state index contributed by atoms with van der Waals surface area (Å²) >= 11 is 2.33. The lowest BCUT2D eigenvalue weighted by Crippen LogP contribution is -2.27. The predicted octanol–water partition coefficient (Wildman–Crippen LogP) is 1.04. The summed E-state index contributed by atoms with van der Waals surface area (Å²) in [6, 6.07) is 1.52. The van der Waals surface area contributed by atoms with E-state index in [1.807, 2.05) is 0 Å². The van der Waals surface area contributed by atoms with Gasteiger partial charge in [0.05, 0.1) is 6.10 Å². The van der Waals surface area contributed by atoms with Crippen LogP contribution in [0.5, 0.6) is 0 Å². The fraction of sp³-hybridized carbons (Fsp3) is 0.538. The molecule has 0 radical (unpaired) electrons. The van der Waals surface area contributed by atoms with Gasteiger partial charge in [-0.2, -0.15) is 4.98 Å². The molecule has 22 heavy (non-hydrogen) atoms. The standard InChI is InChI=1S/C13H17N3O4S2/c1-7(17)21-6-9-10(22-8(2)18)5-12(20-9)16-4-3-11(14)15-13(16)19/h3-4,9-10,12H,5-6H2,1-2H3,(H2,14,15,19)/t9-,10+,12-/m1/s1. The lowest BCUT2D eigenvalue weighted by molar-refractivity contribution is -0.109. The smallest absolute Gasteiger partial charge is 0.351 e. The quantitative estimate of drug-likeness (QED) is 0.865. The molecule has 2 heterocycles. The fourth-order valence-electron chi connectivity index (χ4n) is 2.20. The van der Waals surface area contributed by atoms with Gasteiger partial charge in [0.15, 0.2) is 10.2 Å². The Kier molecular flexibility index (Phi) is 5.65. The van der Waals surface area contributed by atoms with Crippen LogP contribution < -0.4 is 11.4 Å². The second-order valence-electron chi connectivity index (χ2n) is 4.86. The van der Waals surface area contributed by atoms with E-state index in [-0.39, 0.29) is 27.4 Å². The van der Waals surface area contributed by atoms with Crippen molar-refractivity contribution >= 4 is 39.6 Å². The van der Waals surface area contributed by atoms with E-state index in [0.717, 1.165) is 11.8 Å². The molecule has 0 aromatic carbocycles. The molecule has 0 aliphatic carbocycles. The van der Waals surface area contributed by atoms with Gasteiger partial charge in [-0.25, -0.2) is 4.79 Å². The van der Waals surface area contributed by atoms with E-state index >= 15 is 0 Å². The van der Waals surface area contributed by atoms with Crippen molar-refractivity contribution in [2.75, 3.05) is 11.5 Å². The summed E-state index contributed by atoms with van der Waals surface area (Å²) in [6.45, 7) is 2.97. The van der Waals surface area contributed by atoms with Gasteiger partial charge in [-0.3, -0.25) is 14.2 Å². The van der Waals surface area contributed by atoms with Gasteiger partial charge in [0.2, 0.25) is 0 Å². The SMILES string of the molecule is CC(=O)SC[C@H]1O[C@@H](n2ccc(N)nc2=O)C[C@@H]1SC(C)=O. The summed E-state index contributed by atoms with van der Waals surface area (Å²) in [4.78, 5) is 38.1. The zero-order valence-corrected chi connectivity index (χ0v) is 13.9. The van der Waals surface area contributed by atoms with Crippen LogP contribution in [0.4, 0.5) is 5.82 Å². The minimum absolute atomic E-state index is 0.00931. The normalized spacial score (nSPS) is 24.4. The number of carbonyl (C=O) groups excluding carboxylic acids is 2. The molecule has 120 valence electrons. The molecule has 2 rings (SSSR count). The molecule has 0 amide bonds. The molecule has 0 unspecified atom stereocenters. The Morgan fingerprint density at radius 2 is 2.18 bits per heavy atom. The van der Waals surface area contributed by atoms with Crippen LogP contribution >= 0.6 is 23.5 Å². The molecule has 1 saturated heterocycles. The van der Waals surface area contributed by atoms with Crippen LogP contribution in [0.25, 0.3) is 0 Å². The lowest BCUT2D eigenvalue weighted by atomic mass is 10.2. The van der Waals surface area contributed by atoms with E-state index in [2.05, 4.69) is 4.98 Å². The summed E-state index contributed by atoms with van der Waals surface area (Å²) in [5, 5.41) is -0.126. The average Bonchev–Trinajstić information content (AvgIpc) is 2.78. The molecular weight excluding hydrogens is 326 g/mol. The first-order valence-corrected chi connectivity index (χ1v) is 8.54. The van der Waals surface area contributed by atoms with Crippen molar-refractivity contribution in [2.24, 2.45) is 0 Å². The number of rotatable bonds is 4. The number of nitrogens with two attached hydrogens (primary N) is 1. The maximum absolute atomic E-state index is 11.9. The van der Waals surface area contributed by atoms with Crippen molar-refractivity contribution in [2.45, 2.75) is 37.9 Å². The molecule has 0 bridgehead atoms. The van der Waals surface area contributed by atoms with Gasteiger partial charge < -0.3 is 10.5 Å². The second kappa shape index (κ2) is 7.30. The molecule has 9 heteroatoms. The zero-order chi connectivity index (χ0) is 16.3. The van der Waals surface area contributed by atoms with Crippen LogP contribution in [-0.2, 0) is 14.3 Å². The number of anilines is 1. The largest absolute Gasteiger partial charge is 0.383 e. The predicted molar refractivity (Wildman–Crippen MR) is 86.6 cm³/mol. The minimum atomic E-state index is -0.505. The van der Waals surface area contributed by atoms with E-state index in [1.54, 1.807) is 0 Å². The molecule has 2 N–H and O–H groups in total. The Morgan fingerprint density at radius 1 is 1.45 bits per heavy atom. The number of nitrogens with zero attached hydrogens (tertiary/aromatic N) is 2. The summed E-state index contributed by atoms with van der Waals surface area (Å²) < 4.78 is 7.23. The summed E-state index contributed by atoms with van der Waals surface area (Å²) in [5.41, 5.74) is 4.98. The van der Waals surface area contributed by atoms with Gasteiger partial charge in [-0.1, -0.05) is 23.5 Å². The van der Waals surface area contributed by atoms with Crippen molar-refractivity contribution in [1.82, 2.24) is 9.55 Å². The third-order valence-electron chi connectivity index (χ3n) is 3.11. The molecule has 0 spiro atoms. The number of thioether (sulfide) groups is 2. The Balaban J connectivity index is 2.15. The maximum atomic E-state index is 11.9. The summed E-state index contributed by atoms with van der Waals surface area (Å²) in [5.74, 6) is 0.603. The van der Waals surface area contributed by atoms with Gasteiger partial charge >= 0.3 is 5.69 Å². The van der Waals surface area contributed by atoms with E-state index < -0.39 is 11.9 Å². The topological polar surface area (TPSA) is 104 Å². The number of aromatic nitrogens is 2. The van der Waals surface area contributed by atoms with E-state index in [4.69, 9.17) is 10.5 Å². The van der Waals surface area contributed by atoms with Gasteiger partial charge in [0.25, 0.3) is 0 Å². The van der Waals surface area contributed by atoms with Gasteiger partial charge in [-0.15, -0.1) is 0 Å². The van der Waals surface area contributed by atoms with Crippen molar-refractivity contribution in [3.63, 3.8) is 0 Å². The number of ether oxygens (including phenoxy) is 1. The first-order valence-electron chi connectivity index (χ1n) is 6.67. The number of hydrogen-bond donors (Lipinski definition) is 1. The van der Waals surface area contributed by atoms with Crippen molar-refractivity contribution in [3.05, 3.63) is 22.7 Å². The third-order valence-corrected chi connectivity index (χ3v) is 5.14. The molecule has 7 nitrogen and oxygen atoms in total. The maximum Gasteiger partial charge on any atom is 0.351 e. The van der Waals surface area contributed by atoms with Gasteiger partial charge in [-0.05, 0) is 6.07 Å². The van der Waals surface area contributed by atoms with Crippen LogP contribution in [0.2, 0.25) is 0 Å². The zero-order valence-electron chi connectivity index (χ0n) is 12.2. The molecule has 1 aliphatic heterocycles. The third kappa shape index (κ3) is 4.34. The minimum Gasteiger partial charge on any atom is -0.383 e. The molecule has 1 aliphatic rings. The van der Waals surface area contributed by atoms with Crippen LogP contribution in [0.3, 0.4) is 0 Å². The van der Waals surface area contributed by atoms with Crippen LogP contribution in [-0.4, -0.2) is 36.9 Å². The second-order valence-corrected chi connectivity index (χ2v) is 7.47. The van der Waals surface area contributed by atoms with Crippen molar-refractivity contribution in [3.8, 4) is 0 Å². The molecule has 0 saturated carbocycles. The Bertz CT molecular complexity index is 634. The lowest BCUT2D eigenvalue weighted by Gasteiger charge is -2.16. The fourth-order valence-corrected chi connectivity index (χ4v) is 4.03. The van der Waals surface area contributed by atoms with E-state index in [1.165, 1.54) is 42.4 Å². The highest BCUT2D eigenvalue weighted by Crippen LogP contribution is 2.37. The number of nitrogen functional groups attached to an aromatic ring is 1. The Hall–Kier alpha value is -1.32. The number of carbonyl (C=O) groups is 2. The highest BCUT2D eigenvalue weighted by atomic mass is 32.2. The first-order chi connectivity index (χ1) is 10.4. The van der Waals surface area contributed by atoms with Crippen molar-refractivity contribution < 1.29 is 14.3 Å². The molecular formula is C13H17N3O4S2. The monoisotopic (exact) mass is 343 g/mol. The number of hydrogen-bond acceptors (Lipinski definition) is 8. The molecule has 1 aromatic heterocycles. The summed E-state index contributed by atoms with van der Waals surface area (Å²) in [7, 11) is 0. The van der Waals surface area contributed by atoms with Gasteiger partial charge in [0, 0.05) is 37.5 Å². The Morgan fingerprint density at radius 3 is 2.77 bits per heavy atom. The molecule has 1 fully saturated rings. The molecule has 3 atom stereocenters. The van der Waals surface area contributed by atoms with Crippen LogP contribution in [0.1, 0.15) is 26.5 Å². The highest BCUT2D eigenvalue weighted by Gasteiger charge is 2.38. The summed E-state index contributed by atoms with van der Waals surface area (Å²) in [6.07, 6.45) is 1.25. The first kappa shape index (κ1) is 17.0. The van der Waals surface area contributed by atoms with Crippen LogP contribution in [0.15, 0.2) is 17.1 Å². The molecule has 1 aromatic rings. The highest BCUT2D eigenvalue weighted by molar-refractivity contribution is 8.14. The van der Waals surface area contributed by atoms with E-state index in [9.17, 15) is 14.4 Å². The van der Waals surface area contributed by atoms with Crippen LogP contribution in [0, 0.1) is 0 Å². The van der Waals surface area contributed by atoms with E-state index in [0.29, 0.717) is 12.2 Å².